The Morgan fingerprint density at radius 3 is 2.67 bits per heavy atom. The molecule has 21 heavy (non-hydrogen) atoms. The lowest BCUT2D eigenvalue weighted by Crippen LogP contribution is -2.20. The summed E-state index contributed by atoms with van der Waals surface area (Å²) in [4.78, 5) is 0. The third-order valence-electron chi connectivity index (χ3n) is 3.47. The molecule has 0 aromatic heterocycles. The minimum atomic E-state index is -0.195. The molecule has 1 heterocycles. The van der Waals surface area contributed by atoms with Crippen molar-refractivity contribution in [1.29, 1.82) is 0 Å². The first kappa shape index (κ1) is 13.9. The average molecular weight is 287 g/mol. The van der Waals surface area contributed by atoms with Crippen molar-refractivity contribution in [3.8, 4) is 11.5 Å². The van der Waals surface area contributed by atoms with Crippen LogP contribution in [0.3, 0.4) is 0 Å². The molecule has 2 aromatic rings. The number of para-hydroxylation sites is 1. The first-order chi connectivity index (χ1) is 10.3. The van der Waals surface area contributed by atoms with Gasteiger partial charge in [-0.25, -0.2) is 4.39 Å². The standard InChI is InChI=1S/C17H18FNO2/c18-15-6-4-13(5-7-15)8-9-19-12-14-2-1-3-16-17(14)21-11-10-20-16/h1-7,19H,8-12H2. The Bertz CT molecular complexity index is 598. The molecule has 0 atom stereocenters. The first-order valence-electron chi connectivity index (χ1n) is 7.15. The molecular formula is C17H18FNO2. The Kier molecular flexibility index (Phi) is 4.36. The predicted molar refractivity (Wildman–Crippen MR) is 79.2 cm³/mol. The van der Waals surface area contributed by atoms with E-state index in [0.29, 0.717) is 13.2 Å². The Balaban J connectivity index is 1.53. The van der Waals surface area contributed by atoms with E-state index in [1.165, 1.54) is 12.1 Å². The largest absolute Gasteiger partial charge is 0.486 e. The monoisotopic (exact) mass is 287 g/mol. The second-order valence-electron chi connectivity index (χ2n) is 4.99. The van der Waals surface area contributed by atoms with Gasteiger partial charge in [0, 0.05) is 12.1 Å². The number of hydrogen-bond donors (Lipinski definition) is 1. The van der Waals surface area contributed by atoms with Gasteiger partial charge in [-0.1, -0.05) is 24.3 Å². The van der Waals surface area contributed by atoms with Crippen LogP contribution in [0.25, 0.3) is 0 Å². The van der Waals surface area contributed by atoms with Crippen LogP contribution in [-0.4, -0.2) is 19.8 Å². The van der Waals surface area contributed by atoms with E-state index in [4.69, 9.17) is 9.47 Å². The zero-order valence-corrected chi connectivity index (χ0v) is 11.8. The average Bonchev–Trinajstić information content (AvgIpc) is 2.53. The summed E-state index contributed by atoms with van der Waals surface area (Å²) in [5.74, 6) is 1.47. The topological polar surface area (TPSA) is 30.5 Å². The molecule has 0 amide bonds. The highest BCUT2D eigenvalue weighted by atomic mass is 19.1. The Hall–Kier alpha value is -2.07. The summed E-state index contributed by atoms with van der Waals surface area (Å²) in [6, 6.07) is 12.6. The highest BCUT2D eigenvalue weighted by Gasteiger charge is 2.14. The van der Waals surface area contributed by atoms with E-state index in [-0.39, 0.29) is 5.82 Å². The Morgan fingerprint density at radius 1 is 1.00 bits per heavy atom. The fraction of sp³-hybridized carbons (Fsp3) is 0.294. The molecule has 0 saturated heterocycles. The molecule has 0 fully saturated rings. The van der Waals surface area contributed by atoms with E-state index < -0.39 is 0 Å². The van der Waals surface area contributed by atoms with Crippen molar-refractivity contribution in [3.05, 3.63) is 59.4 Å². The van der Waals surface area contributed by atoms with E-state index in [0.717, 1.165) is 42.1 Å². The minimum absolute atomic E-state index is 0.195. The first-order valence-corrected chi connectivity index (χ1v) is 7.15. The number of benzene rings is 2. The van der Waals surface area contributed by atoms with Gasteiger partial charge >= 0.3 is 0 Å². The molecule has 1 N–H and O–H groups in total. The van der Waals surface area contributed by atoms with E-state index in [9.17, 15) is 4.39 Å². The zero-order valence-electron chi connectivity index (χ0n) is 11.8. The molecule has 0 radical (unpaired) electrons. The fourth-order valence-corrected chi connectivity index (χ4v) is 2.38. The van der Waals surface area contributed by atoms with Gasteiger partial charge in [0.25, 0.3) is 0 Å². The molecule has 4 heteroatoms. The zero-order chi connectivity index (χ0) is 14.5. The number of nitrogens with one attached hydrogen (secondary N) is 1. The smallest absolute Gasteiger partial charge is 0.165 e. The van der Waals surface area contributed by atoms with E-state index >= 15 is 0 Å². The molecule has 2 aromatic carbocycles. The number of fused-ring (bicyclic) bond motifs is 1. The summed E-state index contributed by atoms with van der Waals surface area (Å²) in [6.07, 6.45) is 0.868. The molecule has 0 aliphatic carbocycles. The summed E-state index contributed by atoms with van der Waals surface area (Å²) < 4.78 is 24.1. The SMILES string of the molecule is Fc1ccc(CCNCc2cccc3c2OCCO3)cc1. The van der Waals surface area contributed by atoms with E-state index in [1.807, 2.05) is 30.3 Å². The van der Waals surface area contributed by atoms with Gasteiger partial charge in [-0.15, -0.1) is 0 Å². The van der Waals surface area contributed by atoms with Crippen LogP contribution >= 0.6 is 0 Å². The summed E-state index contributed by atoms with van der Waals surface area (Å²) in [6.45, 7) is 2.76. The van der Waals surface area contributed by atoms with Crippen molar-refractivity contribution < 1.29 is 13.9 Å². The molecule has 110 valence electrons. The third-order valence-corrected chi connectivity index (χ3v) is 3.47. The van der Waals surface area contributed by atoms with Crippen LogP contribution in [-0.2, 0) is 13.0 Å². The fourth-order valence-electron chi connectivity index (χ4n) is 2.38. The van der Waals surface area contributed by atoms with Crippen molar-refractivity contribution in [2.75, 3.05) is 19.8 Å². The van der Waals surface area contributed by atoms with E-state index in [1.54, 1.807) is 0 Å². The molecule has 0 spiro atoms. The van der Waals surface area contributed by atoms with Gasteiger partial charge in [0.1, 0.15) is 19.0 Å². The van der Waals surface area contributed by atoms with Crippen LogP contribution < -0.4 is 14.8 Å². The maximum Gasteiger partial charge on any atom is 0.165 e. The van der Waals surface area contributed by atoms with Gasteiger partial charge in [0.2, 0.25) is 0 Å². The number of ether oxygens (including phenoxy) is 2. The van der Waals surface area contributed by atoms with Crippen molar-refractivity contribution in [2.45, 2.75) is 13.0 Å². The lowest BCUT2D eigenvalue weighted by atomic mass is 10.1. The minimum Gasteiger partial charge on any atom is -0.486 e. The van der Waals surface area contributed by atoms with Gasteiger partial charge in [0.05, 0.1) is 0 Å². The number of halogens is 1. The normalized spacial score (nSPS) is 13.2. The summed E-state index contributed by atoms with van der Waals surface area (Å²) in [7, 11) is 0. The third kappa shape index (κ3) is 3.52. The summed E-state index contributed by atoms with van der Waals surface area (Å²) >= 11 is 0. The summed E-state index contributed by atoms with van der Waals surface area (Å²) in [5.41, 5.74) is 2.23. The molecule has 3 rings (SSSR count). The summed E-state index contributed by atoms with van der Waals surface area (Å²) in [5, 5.41) is 3.39. The molecule has 0 bridgehead atoms. The number of hydrogen-bond acceptors (Lipinski definition) is 3. The lowest BCUT2D eigenvalue weighted by molar-refractivity contribution is 0.169. The van der Waals surface area contributed by atoms with Crippen LogP contribution in [0, 0.1) is 5.82 Å². The Morgan fingerprint density at radius 2 is 1.81 bits per heavy atom. The predicted octanol–water partition coefficient (Wildman–Crippen LogP) is 2.93. The maximum atomic E-state index is 12.8. The van der Waals surface area contributed by atoms with Crippen LogP contribution in [0.2, 0.25) is 0 Å². The quantitative estimate of drug-likeness (QED) is 0.858. The molecule has 3 nitrogen and oxygen atoms in total. The highest BCUT2D eigenvalue weighted by Crippen LogP contribution is 2.33. The van der Waals surface area contributed by atoms with Gasteiger partial charge < -0.3 is 14.8 Å². The van der Waals surface area contributed by atoms with Crippen molar-refractivity contribution in [2.24, 2.45) is 0 Å². The van der Waals surface area contributed by atoms with Gasteiger partial charge in [-0.2, -0.15) is 0 Å². The molecule has 0 saturated carbocycles. The second-order valence-corrected chi connectivity index (χ2v) is 4.99. The lowest BCUT2D eigenvalue weighted by Gasteiger charge is -2.21. The van der Waals surface area contributed by atoms with Gasteiger partial charge in [-0.3, -0.25) is 0 Å². The van der Waals surface area contributed by atoms with Crippen LogP contribution in [0.15, 0.2) is 42.5 Å². The van der Waals surface area contributed by atoms with E-state index in [2.05, 4.69) is 5.32 Å². The van der Waals surface area contributed by atoms with Crippen molar-refractivity contribution in [1.82, 2.24) is 5.32 Å². The molecular weight excluding hydrogens is 269 g/mol. The maximum absolute atomic E-state index is 12.8. The highest BCUT2D eigenvalue weighted by molar-refractivity contribution is 5.47. The van der Waals surface area contributed by atoms with Crippen LogP contribution in [0.5, 0.6) is 11.5 Å². The van der Waals surface area contributed by atoms with Crippen molar-refractivity contribution >= 4 is 0 Å². The Labute approximate surface area is 123 Å². The second kappa shape index (κ2) is 6.59. The molecule has 1 aliphatic heterocycles. The van der Waals surface area contributed by atoms with Crippen LogP contribution in [0.4, 0.5) is 4.39 Å². The van der Waals surface area contributed by atoms with Crippen LogP contribution in [0.1, 0.15) is 11.1 Å². The van der Waals surface area contributed by atoms with Crippen molar-refractivity contribution in [3.63, 3.8) is 0 Å². The van der Waals surface area contributed by atoms with Gasteiger partial charge in [0.15, 0.2) is 11.5 Å². The number of rotatable bonds is 5. The van der Waals surface area contributed by atoms with Gasteiger partial charge in [-0.05, 0) is 36.7 Å². The molecule has 1 aliphatic rings. The molecule has 0 unspecified atom stereocenters.